The van der Waals surface area contributed by atoms with E-state index in [1.807, 2.05) is 0 Å². The highest BCUT2D eigenvalue weighted by Crippen LogP contribution is 2.25. The van der Waals surface area contributed by atoms with Crippen molar-refractivity contribution in [1.82, 2.24) is 5.43 Å². The Morgan fingerprint density at radius 2 is 2.47 bits per heavy atom. The second-order valence-corrected chi connectivity index (χ2v) is 3.91. The van der Waals surface area contributed by atoms with Gasteiger partial charge in [-0.2, -0.15) is 10.4 Å². The number of hydrogen-bond acceptors (Lipinski definition) is 3. The van der Waals surface area contributed by atoms with Gasteiger partial charge in [-0.05, 0) is 25.7 Å². The van der Waals surface area contributed by atoms with Gasteiger partial charge in [0, 0.05) is 25.0 Å². The zero-order valence-electron chi connectivity index (χ0n) is 9.12. The van der Waals surface area contributed by atoms with Crippen LogP contribution in [0.4, 0.5) is 0 Å². The molecule has 82 valence electrons. The van der Waals surface area contributed by atoms with E-state index in [1.54, 1.807) is 0 Å². The summed E-state index contributed by atoms with van der Waals surface area (Å²) in [7, 11) is 0. The Morgan fingerprint density at radius 3 is 3.13 bits per heavy atom. The molecule has 1 rings (SSSR count). The van der Waals surface area contributed by atoms with E-state index in [4.69, 9.17) is 5.26 Å². The lowest BCUT2D eigenvalue weighted by atomic mass is 9.84. The van der Waals surface area contributed by atoms with Crippen LogP contribution >= 0.6 is 0 Å². The summed E-state index contributed by atoms with van der Waals surface area (Å²) in [6, 6.07) is 2.16. The molecule has 1 saturated carbocycles. The Hall–Kier alpha value is -1.37. The summed E-state index contributed by atoms with van der Waals surface area (Å²) < 4.78 is 0. The average molecular weight is 207 g/mol. The average Bonchev–Trinajstić information content (AvgIpc) is 2.24. The van der Waals surface area contributed by atoms with E-state index in [1.165, 1.54) is 13.3 Å². The summed E-state index contributed by atoms with van der Waals surface area (Å²) in [5, 5.41) is 12.7. The van der Waals surface area contributed by atoms with Crippen LogP contribution in [0.2, 0.25) is 0 Å². The first-order valence-corrected chi connectivity index (χ1v) is 5.44. The number of carbonyl (C=O) groups is 1. The molecule has 0 aromatic carbocycles. The van der Waals surface area contributed by atoms with Crippen molar-refractivity contribution >= 4 is 11.6 Å². The van der Waals surface area contributed by atoms with Crippen molar-refractivity contribution in [2.24, 2.45) is 11.0 Å². The third kappa shape index (κ3) is 4.11. The molecule has 0 aromatic rings. The Kier molecular flexibility index (Phi) is 4.82. The van der Waals surface area contributed by atoms with E-state index in [0.29, 0.717) is 12.3 Å². The minimum Gasteiger partial charge on any atom is -0.274 e. The van der Waals surface area contributed by atoms with Crippen molar-refractivity contribution in [2.75, 3.05) is 0 Å². The van der Waals surface area contributed by atoms with Crippen molar-refractivity contribution in [1.29, 1.82) is 5.26 Å². The molecule has 4 nitrogen and oxygen atoms in total. The fourth-order valence-corrected chi connectivity index (χ4v) is 1.92. The van der Waals surface area contributed by atoms with E-state index < -0.39 is 0 Å². The van der Waals surface area contributed by atoms with Crippen LogP contribution < -0.4 is 5.43 Å². The second-order valence-electron chi connectivity index (χ2n) is 3.91. The quantitative estimate of drug-likeness (QED) is 0.719. The zero-order valence-corrected chi connectivity index (χ0v) is 9.12. The summed E-state index contributed by atoms with van der Waals surface area (Å²) in [5.41, 5.74) is 3.55. The van der Waals surface area contributed by atoms with Crippen molar-refractivity contribution < 1.29 is 4.79 Å². The third-order valence-electron chi connectivity index (χ3n) is 2.67. The highest BCUT2D eigenvalue weighted by Gasteiger charge is 2.20. The van der Waals surface area contributed by atoms with Gasteiger partial charge in [-0.25, -0.2) is 5.43 Å². The number of nitriles is 1. The molecule has 0 saturated heterocycles. The molecule has 15 heavy (non-hydrogen) atoms. The molecule has 1 atom stereocenters. The summed E-state index contributed by atoms with van der Waals surface area (Å²) in [6.45, 7) is 1.46. The summed E-state index contributed by atoms with van der Waals surface area (Å²) in [6.07, 6.45) is 5.84. The molecule has 0 radical (unpaired) electrons. The molecule has 1 fully saturated rings. The molecule has 0 aromatic heterocycles. The monoisotopic (exact) mass is 207 g/mol. The Balaban J connectivity index is 2.53. The number of hydrazone groups is 1. The van der Waals surface area contributed by atoms with E-state index in [2.05, 4.69) is 16.6 Å². The van der Waals surface area contributed by atoms with Crippen molar-refractivity contribution in [3.63, 3.8) is 0 Å². The standard InChI is InChI=1S/C11H17N3O/c1-9(15)13-14-11-7-3-2-5-10(11)6-4-8-12/h10H,2-7H2,1H3,(H,13,15). The van der Waals surface area contributed by atoms with Gasteiger partial charge in [0.05, 0.1) is 6.07 Å². The number of nitrogens with one attached hydrogen (secondary N) is 1. The topological polar surface area (TPSA) is 65.2 Å². The molecule has 0 bridgehead atoms. The number of amides is 1. The summed E-state index contributed by atoms with van der Waals surface area (Å²) in [5.74, 6) is 0.261. The number of nitrogens with zero attached hydrogens (tertiary/aromatic N) is 2. The number of carbonyl (C=O) groups excluding carboxylic acids is 1. The van der Waals surface area contributed by atoms with Gasteiger partial charge in [0.2, 0.25) is 5.91 Å². The van der Waals surface area contributed by atoms with Crippen LogP contribution in [0.1, 0.15) is 45.4 Å². The SMILES string of the molecule is CC(=O)NN=C1CCCCC1CCC#N. The molecule has 0 aliphatic heterocycles. The third-order valence-corrected chi connectivity index (χ3v) is 2.67. The molecule has 1 N–H and O–H groups in total. The first-order chi connectivity index (χ1) is 7.24. The van der Waals surface area contributed by atoms with Crippen LogP contribution in [0, 0.1) is 17.2 Å². The van der Waals surface area contributed by atoms with E-state index in [0.717, 1.165) is 31.4 Å². The van der Waals surface area contributed by atoms with E-state index >= 15 is 0 Å². The first-order valence-electron chi connectivity index (χ1n) is 5.44. The predicted octanol–water partition coefficient (Wildman–Crippen LogP) is 1.97. The van der Waals surface area contributed by atoms with Gasteiger partial charge in [0.25, 0.3) is 0 Å². The Labute approximate surface area is 90.4 Å². The van der Waals surface area contributed by atoms with Crippen LogP contribution in [0.25, 0.3) is 0 Å². The van der Waals surface area contributed by atoms with Gasteiger partial charge in [-0.1, -0.05) is 6.42 Å². The van der Waals surface area contributed by atoms with Crippen LogP contribution in [-0.2, 0) is 4.79 Å². The molecule has 1 aliphatic carbocycles. The van der Waals surface area contributed by atoms with Crippen molar-refractivity contribution in [3.8, 4) is 6.07 Å². The molecule has 1 amide bonds. The summed E-state index contributed by atoms with van der Waals surface area (Å²) in [4.78, 5) is 10.7. The van der Waals surface area contributed by atoms with Crippen molar-refractivity contribution in [2.45, 2.75) is 45.4 Å². The van der Waals surface area contributed by atoms with Gasteiger partial charge in [0.15, 0.2) is 0 Å². The maximum atomic E-state index is 10.7. The number of rotatable bonds is 3. The lowest BCUT2D eigenvalue weighted by Crippen LogP contribution is -2.24. The Morgan fingerprint density at radius 1 is 1.67 bits per heavy atom. The normalized spacial score (nSPS) is 23.5. The van der Waals surface area contributed by atoms with Crippen molar-refractivity contribution in [3.05, 3.63) is 0 Å². The van der Waals surface area contributed by atoms with Crippen LogP contribution in [0.3, 0.4) is 0 Å². The molecule has 0 spiro atoms. The molecule has 4 heteroatoms. The fraction of sp³-hybridized carbons (Fsp3) is 0.727. The molecule has 1 unspecified atom stereocenters. The van der Waals surface area contributed by atoms with Gasteiger partial charge >= 0.3 is 0 Å². The molecular weight excluding hydrogens is 190 g/mol. The van der Waals surface area contributed by atoms with E-state index in [9.17, 15) is 4.79 Å². The molecule has 1 aliphatic rings. The fourth-order valence-electron chi connectivity index (χ4n) is 1.92. The van der Waals surface area contributed by atoms with E-state index in [-0.39, 0.29) is 5.91 Å². The van der Waals surface area contributed by atoms with Gasteiger partial charge < -0.3 is 0 Å². The second kappa shape index (κ2) is 6.18. The maximum Gasteiger partial charge on any atom is 0.236 e. The predicted molar refractivity (Wildman–Crippen MR) is 58.1 cm³/mol. The number of hydrogen-bond donors (Lipinski definition) is 1. The van der Waals surface area contributed by atoms with Crippen LogP contribution in [-0.4, -0.2) is 11.6 Å². The minimum absolute atomic E-state index is 0.132. The lowest BCUT2D eigenvalue weighted by molar-refractivity contribution is -0.118. The smallest absolute Gasteiger partial charge is 0.236 e. The van der Waals surface area contributed by atoms with Crippen LogP contribution in [0.15, 0.2) is 5.10 Å². The first kappa shape index (κ1) is 11.7. The molecular formula is C11H17N3O. The van der Waals surface area contributed by atoms with Crippen LogP contribution in [0.5, 0.6) is 0 Å². The highest BCUT2D eigenvalue weighted by molar-refractivity contribution is 5.88. The Bertz CT molecular complexity index is 291. The van der Waals surface area contributed by atoms with Gasteiger partial charge in [0.1, 0.15) is 0 Å². The van der Waals surface area contributed by atoms with Gasteiger partial charge in [-0.3, -0.25) is 4.79 Å². The lowest BCUT2D eigenvalue weighted by Gasteiger charge is -2.22. The maximum absolute atomic E-state index is 10.7. The summed E-state index contributed by atoms with van der Waals surface area (Å²) >= 11 is 0. The molecule has 0 heterocycles. The zero-order chi connectivity index (χ0) is 11.1. The largest absolute Gasteiger partial charge is 0.274 e. The van der Waals surface area contributed by atoms with Gasteiger partial charge in [-0.15, -0.1) is 0 Å². The minimum atomic E-state index is -0.132. The highest BCUT2D eigenvalue weighted by atomic mass is 16.2.